The number of unbranched alkanes of at least 4 members (excludes halogenated alkanes) is 1. The van der Waals surface area contributed by atoms with E-state index in [2.05, 4.69) is 16.1 Å². The molecule has 166 valence electrons. The van der Waals surface area contributed by atoms with Crippen LogP contribution in [0.15, 0.2) is 12.2 Å². The van der Waals surface area contributed by atoms with E-state index in [1.807, 2.05) is 0 Å². The molecular formula is C14H23F4NO7S2. The van der Waals surface area contributed by atoms with Crippen molar-refractivity contribution in [1.29, 1.82) is 0 Å². The molecular weight excluding hydrogens is 434 g/mol. The van der Waals surface area contributed by atoms with E-state index in [9.17, 15) is 39.2 Å². The van der Waals surface area contributed by atoms with Gasteiger partial charge >= 0.3 is 17.1 Å². The quantitative estimate of drug-likeness (QED) is 0.183. The highest BCUT2D eigenvalue weighted by molar-refractivity contribution is 8.05. The highest BCUT2D eigenvalue weighted by Crippen LogP contribution is 2.40. The predicted octanol–water partition coefficient (Wildman–Crippen LogP) is 1.79. The molecule has 0 aromatic rings. The van der Waals surface area contributed by atoms with Crippen LogP contribution in [0.25, 0.3) is 0 Å². The van der Waals surface area contributed by atoms with Crippen molar-refractivity contribution in [3.63, 3.8) is 0 Å². The molecule has 1 N–H and O–H groups in total. The first kappa shape index (κ1) is 26.8. The average Bonchev–Trinajstić information content (AvgIpc) is 2.54. The van der Waals surface area contributed by atoms with Gasteiger partial charge in [-0.05, 0) is 13.3 Å². The maximum Gasteiger partial charge on any atom is 0.421 e. The fraction of sp³-hybridized carbons (Fsp3) is 0.786. The second kappa shape index (κ2) is 10.5. The number of nitrogens with one attached hydrogen (secondary N) is 1. The summed E-state index contributed by atoms with van der Waals surface area (Å²) in [4.78, 5) is 11.0. The van der Waals surface area contributed by atoms with Crippen molar-refractivity contribution in [1.82, 2.24) is 4.13 Å². The van der Waals surface area contributed by atoms with Gasteiger partial charge < -0.3 is 9.47 Å². The number of hydrogen-bond acceptors (Lipinski definition) is 7. The van der Waals surface area contributed by atoms with Crippen LogP contribution in [0.1, 0.15) is 33.1 Å². The van der Waals surface area contributed by atoms with Gasteiger partial charge in [-0.1, -0.05) is 19.9 Å². The summed E-state index contributed by atoms with van der Waals surface area (Å²) in [6.07, 6.45) is -1.45. The molecule has 8 nitrogen and oxygen atoms in total. The third-order valence-electron chi connectivity index (χ3n) is 3.14. The first-order chi connectivity index (χ1) is 12.6. The van der Waals surface area contributed by atoms with Gasteiger partial charge in [0.25, 0.3) is 10.0 Å². The van der Waals surface area contributed by atoms with Crippen molar-refractivity contribution in [3.8, 4) is 0 Å². The van der Waals surface area contributed by atoms with Gasteiger partial charge in [0.1, 0.15) is 6.61 Å². The molecule has 0 bridgehead atoms. The van der Waals surface area contributed by atoms with Gasteiger partial charge in [0.15, 0.2) is 0 Å². The maximum absolute atomic E-state index is 13.8. The highest BCUT2D eigenvalue weighted by atomic mass is 32.3. The van der Waals surface area contributed by atoms with Crippen LogP contribution in [-0.2, 0) is 34.3 Å². The van der Waals surface area contributed by atoms with Gasteiger partial charge in [-0.15, -0.1) is 4.13 Å². The van der Waals surface area contributed by atoms with E-state index >= 15 is 0 Å². The van der Waals surface area contributed by atoms with Crippen molar-refractivity contribution >= 4 is 26.0 Å². The summed E-state index contributed by atoms with van der Waals surface area (Å²) in [5.74, 6) is -6.69. The number of rotatable bonds is 14. The van der Waals surface area contributed by atoms with Crippen LogP contribution in [0.3, 0.4) is 0 Å². The molecule has 28 heavy (non-hydrogen) atoms. The highest BCUT2D eigenvalue weighted by Gasteiger charge is 2.66. The Labute approximate surface area is 161 Å². The SMILES string of the molecule is C=C(C)C(=O)OCCOCCC(F)(F)C(F)(F)S(=O)(=O)NS(=O)(=O)CCCC. The Hall–Kier alpha value is -1.25. The van der Waals surface area contributed by atoms with E-state index < -0.39 is 62.6 Å². The van der Waals surface area contributed by atoms with Crippen LogP contribution in [0.2, 0.25) is 0 Å². The predicted molar refractivity (Wildman–Crippen MR) is 91.9 cm³/mol. The summed E-state index contributed by atoms with van der Waals surface area (Å²) in [6.45, 7) is 4.46. The largest absolute Gasteiger partial charge is 0.460 e. The Kier molecular flexibility index (Phi) is 10.0. The van der Waals surface area contributed by atoms with Gasteiger partial charge in [-0.2, -0.15) is 17.6 Å². The van der Waals surface area contributed by atoms with E-state index in [1.54, 1.807) is 6.92 Å². The molecule has 0 radical (unpaired) electrons. The molecule has 0 aliphatic rings. The zero-order valence-corrected chi connectivity index (χ0v) is 17.0. The van der Waals surface area contributed by atoms with E-state index in [4.69, 9.17) is 0 Å². The minimum Gasteiger partial charge on any atom is -0.460 e. The van der Waals surface area contributed by atoms with Gasteiger partial charge in [0.2, 0.25) is 10.0 Å². The maximum atomic E-state index is 13.8. The number of alkyl halides is 4. The van der Waals surface area contributed by atoms with E-state index in [1.165, 1.54) is 6.92 Å². The Bertz CT molecular complexity index is 752. The fourth-order valence-electron chi connectivity index (χ4n) is 1.56. The third-order valence-corrected chi connectivity index (χ3v) is 6.83. The first-order valence-electron chi connectivity index (χ1n) is 8.01. The molecule has 0 amide bonds. The number of sulfonamides is 2. The summed E-state index contributed by atoms with van der Waals surface area (Å²) in [5.41, 5.74) is 0.0813. The Balaban J connectivity index is 4.80. The van der Waals surface area contributed by atoms with E-state index in [-0.39, 0.29) is 18.6 Å². The standard InChI is InChI=1S/C14H23F4NO7S2/c1-4-5-10-27(21,22)19-28(23,24)14(17,18)13(15,16)6-7-25-8-9-26-12(20)11(2)3/h19H,2,4-10H2,1,3H3. The third kappa shape index (κ3) is 8.01. The first-order valence-corrected chi connectivity index (χ1v) is 11.1. The lowest BCUT2D eigenvalue weighted by atomic mass is 10.2. The van der Waals surface area contributed by atoms with Crippen LogP contribution < -0.4 is 4.13 Å². The van der Waals surface area contributed by atoms with Gasteiger partial charge in [-0.3, -0.25) is 0 Å². The number of esters is 1. The Morgan fingerprint density at radius 3 is 2.14 bits per heavy atom. The zero-order valence-electron chi connectivity index (χ0n) is 15.3. The molecule has 0 saturated carbocycles. The molecule has 0 atom stereocenters. The Morgan fingerprint density at radius 1 is 1.07 bits per heavy atom. The number of halogens is 4. The number of carbonyl (C=O) groups is 1. The molecule has 0 unspecified atom stereocenters. The molecule has 0 rings (SSSR count). The van der Waals surface area contributed by atoms with E-state index in [0.29, 0.717) is 10.5 Å². The molecule has 0 aromatic heterocycles. The lowest BCUT2D eigenvalue weighted by Gasteiger charge is -2.26. The topological polar surface area (TPSA) is 116 Å². The van der Waals surface area contributed by atoms with Crippen molar-refractivity contribution in [2.45, 2.75) is 44.3 Å². The smallest absolute Gasteiger partial charge is 0.421 e. The Morgan fingerprint density at radius 2 is 1.64 bits per heavy atom. The minimum absolute atomic E-state index is 0.0450. The van der Waals surface area contributed by atoms with Crippen LogP contribution >= 0.6 is 0 Å². The summed E-state index contributed by atoms with van der Waals surface area (Å²) in [6, 6.07) is 0. The normalized spacial score (nSPS) is 13.4. The molecule has 0 aliphatic heterocycles. The number of ether oxygens (including phenoxy) is 2. The van der Waals surface area contributed by atoms with Crippen LogP contribution in [0.4, 0.5) is 17.6 Å². The van der Waals surface area contributed by atoms with Gasteiger partial charge in [0.05, 0.1) is 19.0 Å². The second-order valence-electron chi connectivity index (χ2n) is 5.76. The number of carbonyl (C=O) groups excluding carboxylic acids is 1. The van der Waals surface area contributed by atoms with Crippen molar-refractivity contribution in [2.75, 3.05) is 25.6 Å². The molecule has 0 saturated heterocycles. The van der Waals surface area contributed by atoms with Gasteiger partial charge in [-0.25, -0.2) is 21.6 Å². The van der Waals surface area contributed by atoms with Crippen LogP contribution in [0.5, 0.6) is 0 Å². The van der Waals surface area contributed by atoms with Crippen LogP contribution in [-0.4, -0.2) is 59.6 Å². The lowest BCUT2D eigenvalue weighted by molar-refractivity contribution is -0.169. The average molecular weight is 457 g/mol. The molecule has 0 heterocycles. The molecule has 0 spiro atoms. The summed E-state index contributed by atoms with van der Waals surface area (Å²) in [5, 5.41) is -5.70. The monoisotopic (exact) mass is 457 g/mol. The summed E-state index contributed by atoms with van der Waals surface area (Å²) >= 11 is 0. The fourth-order valence-corrected chi connectivity index (χ4v) is 4.81. The van der Waals surface area contributed by atoms with Crippen molar-refractivity contribution in [2.24, 2.45) is 0 Å². The van der Waals surface area contributed by atoms with Crippen molar-refractivity contribution in [3.05, 3.63) is 12.2 Å². The molecule has 14 heteroatoms. The van der Waals surface area contributed by atoms with Gasteiger partial charge in [0, 0.05) is 12.0 Å². The van der Waals surface area contributed by atoms with E-state index in [0.717, 1.165) is 0 Å². The lowest BCUT2D eigenvalue weighted by Crippen LogP contribution is -2.53. The summed E-state index contributed by atoms with van der Waals surface area (Å²) in [7, 11) is -11.0. The van der Waals surface area contributed by atoms with Crippen LogP contribution in [0, 0.1) is 0 Å². The van der Waals surface area contributed by atoms with Crippen molar-refractivity contribution < 1.29 is 48.7 Å². The molecule has 0 aromatic carbocycles. The molecule has 0 fully saturated rings. The number of hydrogen-bond donors (Lipinski definition) is 1. The second-order valence-corrected chi connectivity index (χ2v) is 9.58. The zero-order chi connectivity index (χ0) is 22.2. The summed E-state index contributed by atoms with van der Waals surface area (Å²) < 4.78 is 111. The molecule has 0 aliphatic carbocycles. The minimum atomic E-state index is -6.23.